The molecule has 1 aromatic heterocycles. The minimum absolute atomic E-state index is 0.195. The standard InChI is InChI=1S/C12H19NO2S2/c1-4-9(3)16-8-11-13-10(7-17-11)6-12(14)15-5-2/h7,9H,4-6,8H2,1-3H3. The van der Waals surface area contributed by atoms with E-state index in [4.69, 9.17) is 4.74 Å². The Balaban J connectivity index is 2.39. The molecule has 1 heterocycles. The quantitative estimate of drug-likeness (QED) is 0.715. The summed E-state index contributed by atoms with van der Waals surface area (Å²) >= 11 is 3.53. The van der Waals surface area contributed by atoms with Crippen LogP contribution in [0.5, 0.6) is 0 Å². The van der Waals surface area contributed by atoms with E-state index in [-0.39, 0.29) is 5.97 Å². The molecule has 1 rings (SSSR count). The highest BCUT2D eigenvalue weighted by atomic mass is 32.2. The number of carbonyl (C=O) groups is 1. The molecule has 0 amide bonds. The van der Waals surface area contributed by atoms with Crippen molar-refractivity contribution in [1.29, 1.82) is 0 Å². The van der Waals surface area contributed by atoms with Crippen LogP contribution in [0.1, 0.15) is 37.9 Å². The molecule has 0 N–H and O–H groups in total. The monoisotopic (exact) mass is 273 g/mol. The first-order valence-electron chi connectivity index (χ1n) is 5.86. The minimum atomic E-state index is -0.195. The molecule has 0 radical (unpaired) electrons. The van der Waals surface area contributed by atoms with E-state index in [1.165, 1.54) is 6.42 Å². The number of thiazole rings is 1. The molecule has 0 fully saturated rings. The fraction of sp³-hybridized carbons (Fsp3) is 0.667. The number of esters is 1. The van der Waals surface area contributed by atoms with Gasteiger partial charge in [-0.25, -0.2) is 4.98 Å². The lowest BCUT2D eigenvalue weighted by molar-refractivity contribution is -0.142. The summed E-state index contributed by atoms with van der Waals surface area (Å²) in [6.45, 7) is 6.65. The summed E-state index contributed by atoms with van der Waals surface area (Å²) in [7, 11) is 0. The molecule has 1 atom stereocenters. The molecule has 5 heteroatoms. The first kappa shape index (κ1) is 14.5. The molecule has 0 bridgehead atoms. The number of hydrogen-bond donors (Lipinski definition) is 0. The second-order valence-corrected chi connectivity index (χ2v) is 6.11. The first-order chi connectivity index (χ1) is 8.15. The second kappa shape index (κ2) is 7.71. The van der Waals surface area contributed by atoms with Crippen LogP contribution < -0.4 is 0 Å². The van der Waals surface area contributed by atoms with E-state index in [0.717, 1.165) is 16.5 Å². The van der Waals surface area contributed by atoms with Crippen LogP contribution in [-0.2, 0) is 21.7 Å². The Kier molecular flexibility index (Phi) is 6.58. The number of carbonyl (C=O) groups excluding carboxylic acids is 1. The van der Waals surface area contributed by atoms with Crippen molar-refractivity contribution < 1.29 is 9.53 Å². The highest BCUT2D eigenvalue weighted by molar-refractivity contribution is 7.99. The molecule has 0 aliphatic rings. The lowest BCUT2D eigenvalue weighted by atomic mass is 10.3. The van der Waals surface area contributed by atoms with E-state index < -0.39 is 0 Å². The fourth-order valence-corrected chi connectivity index (χ4v) is 2.97. The molecule has 1 unspecified atom stereocenters. The zero-order chi connectivity index (χ0) is 12.7. The third-order valence-corrected chi connectivity index (χ3v) is 4.72. The van der Waals surface area contributed by atoms with Crippen LogP contribution in [0.4, 0.5) is 0 Å². The average Bonchev–Trinajstić information content (AvgIpc) is 2.74. The molecule has 17 heavy (non-hydrogen) atoms. The molecule has 1 aromatic rings. The molecule has 0 spiro atoms. The normalized spacial score (nSPS) is 12.4. The van der Waals surface area contributed by atoms with Crippen molar-refractivity contribution in [1.82, 2.24) is 4.98 Å². The Labute approximate surface area is 111 Å². The van der Waals surface area contributed by atoms with Crippen LogP contribution in [0.25, 0.3) is 0 Å². The lowest BCUT2D eigenvalue weighted by Crippen LogP contribution is -2.07. The van der Waals surface area contributed by atoms with Gasteiger partial charge in [0.1, 0.15) is 5.01 Å². The van der Waals surface area contributed by atoms with Gasteiger partial charge in [0.25, 0.3) is 0 Å². The molecule has 3 nitrogen and oxygen atoms in total. The van der Waals surface area contributed by atoms with E-state index in [2.05, 4.69) is 18.8 Å². The molecule has 0 saturated heterocycles. The Morgan fingerprint density at radius 1 is 1.59 bits per heavy atom. The molecule has 0 aliphatic carbocycles. The number of nitrogens with zero attached hydrogens (tertiary/aromatic N) is 1. The van der Waals surface area contributed by atoms with Crippen molar-refractivity contribution in [3.8, 4) is 0 Å². The van der Waals surface area contributed by atoms with Gasteiger partial charge < -0.3 is 4.74 Å². The number of thioether (sulfide) groups is 1. The Bertz CT molecular complexity index is 352. The van der Waals surface area contributed by atoms with Crippen LogP contribution in [-0.4, -0.2) is 22.8 Å². The van der Waals surface area contributed by atoms with Crippen LogP contribution in [0.2, 0.25) is 0 Å². The van der Waals surface area contributed by atoms with Gasteiger partial charge >= 0.3 is 5.97 Å². The SMILES string of the molecule is CCOC(=O)Cc1csc(CSC(C)CC)n1. The number of aromatic nitrogens is 1. The molecular formula is C12H19NO2S2. The van der Waals surface area contributed by atoms with Gasteiger partial charge in [-0.3, -0.25) is 4.79 Å². The van der Waals surface area contributed by atoms with Crippen molar-refractivity contribution in [3.05, 3.63) is 16.1 Å². The van der Waals surface area contributed by atoms with Crippen molar-refractivity contribution >= 4 is 29.1 Å². The Hall–Kier alpha value is -0.550. The topological polar surface area (TPSA) is 39.2 Å². The highest BCUT2D eigenvalue weighted by Gasteiger charge is 2.09. The summed E-state index contributed by atoms with van der Waals surface area (Å²) in [6.07, 6.45) is 1.46. The van der Waals surface area contributed by atoms with E-state index in [9.17, 15) is 4.79 Å². The third kappa shape index (κ3) is 5.55. The van der Waals surface area contributed by atoms with E-state index in [1.54, 1.807) is 11.3 Å². The van der Waals surface area contributed by atoms with Crippen LogP contribution in [0, 0.1) is 0 Å². The number of ether oxygens (including phenoxy) is 1. The number of hydrogen-bond acceptors (Lipinski definition) is 5. The van der Waals surface area contributed by atoms with E-state index in [1.807, 2.05) is 24.1 Å². The largest absolute Gasteiger partial charge is 0.466 e. The smallest absolute Gasteiger partial charge is 0.311 e. The molecular weight excluding hydrogens is 254 g/mol. The van der Waals surface area contributed by atoms with Gasteiger partial charge in [0.15, 0.2) is 0 Å². The summed E-state index contributed by atoms with van der Waals surface area (Å²) in [4.78, 5) is 15.7. The predicted molar refractivity (Wildman–Crippen MR) is 73.5 cm³/mol. The maximum absolute atomic E-state index is 11.3. The predicted octanol–water partition coefficient (Wildman–Crippen LogP) is 3.28. The summed E-state index contributed by atoms with van der Waals surface area (Å²) in [5, 5.41) is 3.70. The highest BCUT2D eigenvalue weighted by Crippen LogP contribution is 2.22. The zero-order valence-electron chi connectivity index (χ0n) is 10.6. The van der Waals surface area contributed by atoms with Crippen molar-refractivity contribution in [2.45, 2.75) is 44.6 Å². The van der Waals surface area contributed by atoms with Crippen molar-refractivity contribution in [2.24, 2.45) is 0 Å². The Morgan fingerprint density at radius 2 is 2.35 bits per heavy atom. The summed E-state index contributed by atoms with van der Waals surface area (Å²) < 4.78 is 4.89. The van der Waals surface area contributed by atoms with Crippen molar-refractivity contribution in [3.63, 3.8) is 0 Å². The molecule has 0 aromatic carbocycles. The van der Waals surface area contributed by atoms with Gasteiger partial charge in [0, 0.05) is 16.4 Å². The number of rotatable bonds is 7. The lowest BCUT2D eigenvalue weighted by Gasteiger charge is -2.05. The summed E-state index contributed by atoms with van der Waals surface area (Å²) in [6, 6.07) is 0. The average molecular weight is 273 g/mol. The van der Waals surface area contributed by atoms with Gasteiger partial charge in [0.2, 0.25) is 0 Å². The van der Waals surface area contributed by atoms with Gasteiger partial charge in [-0.2, -0.15) is 11.8 Å². The van der Waals surface area contributed by atoms with Gasteiger partial charge in [-0.05, 0) is 13.3 Å². The maximum atomic E-state index is 11.3. The third-order valence-electron chi connectivity index (χ3n) is 2.30. The summed E-state index contributed by atoms with van der Waals surface area (Å²) in [5.41, 5.74) is 0.827. The van der Waals surface area contributed by atoms with Gasteiger partial charge in [0.05, 0.1) is 18.7 Å². The van der Waals surface area contributed by atoms with E-state index in [0.29, 0.717) is 18.3 Å². The zero-order valence-corrected chi connectivity index (χ0v) is 12.2. The first-order valence-corrected chi connectivity index (χ1v) is 7.79. The van der Waals surface area contributed by atoms with Crippen LogP contribution in [0.3, 0.4) is 0 Å². The molecule has 0 saturated carbocycles. The molecule has 0 aliphatic heterocycles. The fourth-order valence-electron chi connectivity index (χ4n) is 1.19. The Morgan fingerprint density at radius 3 is 3.00 bits per heavy atom. The van der Waals surface area contributed by atoms with E-state index >= 15 is 0 Å². The summed E-state index contributed by atoms with van der Waals surface area (Å²) in [5.74, 6) is 0.738. The van der Waals surface area contributed by atoms with Gasteiger partial charge in [-0.1, -0.05) is 13.8 Å². The van der Waals surface area contributed by atoms with Crippen LogP contribution in [0.15, 0.2) is 5.38 Å². The van der Waals surface area contributed by atoms with Gasteiger partial charge in [-0.15, -0.1) is 11.3 Å². The molecule has 96 valence electrons. The maximum Gasteiger partial charge on any atom is 0.311 e. The van der Waals surface area contributed by atoms with Crippen molar-refractivity contribution in [2.75, 3.05) is 6.61 Å². The minimum Gasteiger partial charge on any atom is -0.466 e. The van der Waals surface area contributed by atoms with Crippen LogP contribution >= 0.6 is 23.1 Å². The second-order valence-electron chi connectivity index (χ2n) is 3.74.